The molecule has 1 N–H and O–H groups in total. The lowest BCUT2D eigenvalue weighted by atomic mass is 10.2. The summed E-state index contributed by atoms with van der Waals surface area (Å²) in [4.78, 5) is 18.7. The van der Waals surface area contributed by atoms with E-state index in [9.17, 15) is 4.79 Å². The van der Waals surface area contributed by atoms with E-state index in [-0.39, 0.29) is 5.91 Å². The average molecular weight is 292 g/mol. The molecule has 0 aliphatic rings. The predicted octanol–water partition coefficient (Wildman–Crippen LogP) is 4.12. The lowest BCUT2D eigenvalue weighted by molar-refractivity contribution is 0.102. The Balaban J connectivity index is 2.20. The first-order valence-corrected chi connectivity index (χ1v) is 7.89. The molecule has 0 saturated carbocycles. The Morgan fingerprint density at radius 1 is 1.37 bits per heavy atom. The number of benzene rings is 1. The van der Waals surface area contributed by atoms with E-state index in [0.29, 0.717) is 10.7 Å². The van der Waals surface area contributed by atoms with Gasteiger partial charge in [-0.1, -0.05) is 19.1 Å². The van der Waals surface area contributed by atoms with Gasteiger partial charge in [0.2, 0.25) is 0 Å². The van der Waals surface area contributed by atoms with Crippen LogP contribution in [-0.2, 0) is 0 Å². The Bertz CT molecular complexity index is 573. The molecule has 2 aromatic rings. The molecular formula is C14H16N2OS2. The molecule has 2 rings (SSSR count). The third kappa shape index (κ3) is 3.36. The van der Waals surface area contributed by atoms with Gasteiger partial charge in [0.25, 0.3) is 5.91 Å². The van der Waals surface area contributed by atoms with Crippen LogP contribution in [-0.4, -0.2) is 16.6 Å². The van der Waals surface area contributed by atoms with Gasteiger partial charge < -0.3 is 0 Å². The minimum Gasteiger partial charge on any atom is -0.298 e. The summed E-state index contributed by atoms with van der Waals surface area (Å²) in [5.41, 5.74) is 1.68. The zero-order valence-electron chi connectivity index (χ0n) is 11.2. The number of nitrogens with one attached hydrogen (secondary N) is 1. The molecule has 0 radical (unpaired) electrons. The number of aromatic nitrogens is 1. The summed E-state index contributed by atoms with van der Waals surface area (Å²) in [6, 6.07) is 7.65. The van der Waals surface area contributed by atoms with Crippen molar-refractivity contribution in [1.29, 1.82) is 0 Å². The number of rotatable bonds is 4. The molecule has 0 aliphatic heterocycles. The predicted molar refractivity (Wildman–Crippen MR) is 82.4 cm³/mol. The van der Waals surface area contributed by atoms with E-state index >= 15 is 0 Å². The van der Waals surface area contributed by atoms with Crippen LogP contribution >= 0.6 is 23.1 Å². The third-order valence-corrected chi connectivity index (χ3v) is 4.62. The molecule has 19 heavy (non-hydrogen) atoms. The molecule has 0 aliphatic carbocycles. The number of amides is 1. The summed E-state index contributed by atoms with van der Waals surface area (Å²) in [5.74, 6) is 0.852. The summed E-state index contributed by atoms with van der Waals surface area (Å²) in [6.45, 7) is 6.03. The van der Waals surface area contributed by atoms with Crippen LogP contribution in [0.4, 0.5) is 5.13 Å². The van der Waals surface area contributed by atoms with Crippen molar-refractivity contribution in [2.45, 2.75) is 25.7 Å². The molecule has 1 aromatic carbocycles. The molecular weight excluding hydrogens is 276 g/mol. The fourth-order valence-electron chi connectivity index (χ4n) is 1.63. The Morgan fingerprint density at radius 3 is 2.74 bits per heavy atom. The Hall–Kier alpha value is -1.33. The van der Waals surface area contributed by atoms with Crippen LogP contribution in [0.5, 0.6) is 0 Å². The minimum atomic E-state index is -0.0923. The summed E-state index contributed by atoms with van der Waals surface area (Å²) < 4.78 is 0. The maximum Gasteiger partial charge on any atom is 0.258 e. The molecule has 100 valence electrons. The van der Waals surface area contributed by atoms with Gasteiger partial charge in [-0.3, -0.25) is 10.1 Å². The van der Waals surface area contributed by atoms with Gasteiger partial charge in [0, 0.05) is 9.77 Å². The van der Waals surface area contributed by atoms with Gasteiger partial charge in [0.1, 0.15) is 0 Å². The Morgan fingerprint density at radius 2 is 2.11 bits per heavy atom. The van der Waals surface area contributed by atoms with Gasteiger partial charge in [-0.15, -0.1) is 23.1 Å². The van der Waals surface area contributed by atoms with Gasteiger partial charge >= 0.3 is 0 Å². The van der Waals surface area contributed by atoms with Crippen LogP contribution in [0, 0.1) is 13.8 Å². The number of thiazole rings is 1. The SMILES string of the molecule is CCSc1ccccc1C(=O)Nc1nc(C)c(C)s1. The molecule has 3 nitrogen and oxygen atoms in total. The van der Waals surface area contributed by atoms with Gasteiger partial charge in [-0.2, -0.15) is 0 Å². The topological polar surface area (TPSA) is 42.0 Å². The van der Waals surface area contributed by atoms with Crippen molar-refractivity contribution in [3.8, 4) is 0 Å². The maximum atomic E-state index is 12.3. The smallest absolute Gasteiger partial charge is 0.258 e. The molecule has 0 fully saturated rings. The quantitative estimate of drug-likeness (QED) is 0.862. The van der Waals surface area contributed by atoms with Gasteiger partial charge in [0.05, 0.1) is 11.3 Å². The van der Waals surface area contributed by atoms with Gasteiger partial charge in [-0.25, -0.2) is 4.98 Å². The number of aryl methyl sites for hydroxylation is 2. The number of hydrogen-bond acceptors (Lipinski definition) is 4. The molecule has 0 saturated heterocycles. The summed E-state index contributed by atoms with van der Waals surface area (Å²) in [6.07, 6.45) is 0. The third-order valence-electron chi connectivity index (χ3n) is 2.68. The van der Waals surface area contributed by atoms with Crippen molar-refractivity contribution in [2.24, 2.45) is 0 Å². The van der Waals surface area contributed by atoms with E-state index in [2.05, 4.69) is 17.2 Å². The van der Waals surface area contributed by atoms with Crippen LogP contribution in [0.3, 0.4) is 0 Å². The van der Waals surface area contributed by atoms with Crippen LogP contribution < -0.4 is 5.32 Å². The van der Waals surface area contributed by atoms with E-state index in [4.69, 9.17) is 0 Å². The van der Waals surface area contributed by atoms with Crippen LogP contribution in [0.15, 0.2) is 29.2 Å². The number of carbonyl (C=O) groups excluding carboxylic acids is 1. The maximum absolute atomic E-state index is 12.3. The molecule has 1 heterocycles. The van der Waals surface area contributed by atoms with Crippen LogP contribution in [0.2, 0.25) is 0 Å². The van der Waals surface area contributed by atoms with Gasteiger partial charge in [-0.05, 0) is 31.7 Å². The van der Waals surface area contributed by atoms with E-state index < -0.39 is 0 Å². The van der Waals surface area contributed by atoms with Crippen LogP contribution in [0.1, 0.15) is 27.9 Å². The first-order valence-electron chi connectivity index (χ1n) is 6.09. The first-order chi connectivity index (χ1) is 9.11. The first kappa shape index (κ1) is 14.1. The van der Waals surface area contributed by atoms with E-state index in [1.54, 1.807) is 11.8 Å². The highest BCUT2D eigenvalue weighted by Crippen LogP contribution is 2.25. The molecule has 0 unspecified atom stereocenters. The lowest BCUT2D eigenvalue weighted by Crippen LogP contribution is -2.12. The monoisotopic (exact) mass is 292 g/mol. The summed E-state index contributed by atoms with van der Waals surface area (Å²) in [7, 11) is 0. The second-order valence-corrected chi connectivity index (χ2v) is 6.55. The average Bonchev–Trinajstić information content (AvgIpc) is 2.69. The number of thioether (sulfide) groups is 1. The van der Waals surface area contributed by atoms with E-state index in [0.717, 1.165) is 21.2 Å². The molecule has 5 heteroatoms. The largest absolute Gasteiger partial charge is 0.298 e. The van der Waals surface area contributed by atoms with Crippen molar-refractivity contribution in [3.05, 3.63) is 40.4 Å². The zero-order valence-corrected chi connectivity index (χ0v) is 12.8. The van der Waals surface area contributed by atoms with Crippen LogP contribution in [0.25, 0.3) is 0 Å². The second-order valence-electron chi connectivity index (χ2n) is 4.04. The molecule has 0 spiro atoms. The molecule has 0 atom stereocenters. The number of carbonyl (C=O) groups is 1. The van der Waals surface area contributed by atoms with Gasteiger partial charge in [0.15, 0.2) is 5.13 Å². The summed E-state index contributed by atoms with van der Waals surface area (Å²) >= 11 is 3.18. The minimum absolute atomic E-state index is 0.0923. The van der Waals surface area contributed by atoms with Crippen molar-refractivity contribution in [3.63, 3.8) is 0 Å². The second kappa shape index (κ2) is 6.21. The molecule has 1 aromatic heterocycles. The number of hydrogen-bond donors (Lipinski definition) is 1. The zero-order chi connectivity index (χ0) is 13.8. The highest BCUT2D eigenvalue weighted by atomic mass is 32.2. The standard InChI is InChI=1S/C14H16N2OS2/c1-4-18-12-8-6-5-7-11(12)13(17)16-14-15-9(2)10(3)19-14/h5-8H,4H2,1-3H3,(H,15,16,17). The van der Waals surface area contributed by atoms with E-state index in [1.807, 2.05) is 38.1 Å². The Kier molecular flexibility index (Phi) is 4.61. The van der Waals surface area contributed by atoms with Crippen molar-refractivity contribution < 1.29 is 4.79 Å². The lowest BCUT2D eigenvalue weighted by Gasteiger charge is -2.07. The van der Waals surface area contributed by atoms with E-state index in [1.165, 1.54) is 11.3 Å². The van der Waals surface area contributed by atoms with Crippen molar-refractivity contribution in [1.82, 2.24) is 4.98 Å². The molecule has 1 amide bonds. The summed E-state index contributed by atoms with van der Waals surface area (Å²) in [5, 5.41) is 3.54. The fraction of sp³-hybridized carbons (Fsp3) is 0.286. The highest BCUT2D eigenvalue weighted by molar-refractivity contribution is 7.99. The highest BCUT2D eigenvalue weighted by Gasteiger charge is 2.13. The fourth-order valence-corrected chi connectivity index (χ4v) is 3.24. The van der Waals surface area contributed by atoms with Crippen molar-refractivity contribution >= 4 is 34.1 Å². The number of nitrogens with zero attached hydrogens (tertiary/aromatic N) is 1. The number of anilines is 1. The van der Waals surface area contributed by atoms with Crippen molar-refractivity contribution in [2.75, 3.05) is 11.1 Å². The normalized spacial score (nSPS) is 10.5. The molecule has 0 bridgehead atoms. The Labute approximate surface area is 121 Å².